The lowest BCUT2D eigenvalue weighted by atomic mass is 9.96. The fourth-order valence-corrected chi connectivity index (χ4v) is 4.92. The van der Waals surface area contributed by atoms with Gasteiger partial charge in [0.15, 0.2) is 0 Å². The second kappa shape index (κ2) is 10.1. The van der Waals surface area contributed by atoms with Gasteiger partial charge in [0.25, 0.3) is 0 Å². The van der Waals surface area contributed by atoms with Crippen LogP contribution < -0.4 is 14.5 Å². The molecule has 176 valence electrons. The van der Waals surface area contributed by atoms with Gasteiger partial charge in [-0.3, -0.25) is 4.79 Å². The van der Waals surface area contributed by atoms with Crippen LogP contribution in [0.25, 0.3) is 11.3 Å². The number of benzene rings is 2. The van der Waals surface area contributed by atoms with E-state index in [0.717, 1.165) is 74.1 Å². The minimum atomic E-state index is 0.00672. The van der Waals surface area contributed by atoms with E-state index in [1.165, 1.54) is 0 Å². The first-order valence-corrected chi connectivity index (χ1v) is 12.0. The third-order valence-electron chi connectivity index (χ3n) is 6.83. The first-order chi connectivity index (χ1) is 16.7. The van der Waals surface area contributed by atoms with Gasteiger partial charge >= 0.3 is 0 Å². The monoisotopic (exact) mass is 457 g/mol. The number of carbonyl (C=O) groups is 1. The highest BCUT2D eigenvalue weighted by molar-refractivity contribution is 5.80. The van der Waals surface area contributed by atoms with Crippen molar-refractivity contribution in [2.45, 2.75) is 12.8 Å². The van der Waals surface area contributed by atoms with Crippen LogP contribution in [-0.2, 0) is 4.79 Å². The number of piperazine rings is 1. The lowest BCUT2D eigenvalue weighted by Gasteiger charge is -2.40. The van der Waals surface area contributed by atoms with Crippen LogP contribution in [0.15, 0.2) is 67.0 Å². The molecule has 0 N–H and O–H groups in total. The first kappa shape index (κ1) is 22.2. The van der Waals surface area contributed by atoms with E-state index in [4.69, 9.17) is 4.74 Å². The van der Waals surface area contributed by atoms with E-state index in [9.17, 15) is 4.79 Å². The Kier molecular flexibility index (Phi) is 6.60. The SMILES string of the molecule is COc1cccc(N2CCN(C(=O)C3CCCN(c4cc(-c5ccccc5)ncn4)C3)CC2)c1. The summed E-state index contributed by atoms with van der Waals surface area (Å²) < 4.78 is 5.36. The zero-order valence-electron chi connectivity index (χ0n) is 19.6. The van der Waals surface area contributed by atoms with Gasteiger partial charge in [-0.2, -0.15) is 0 Å². The molecule has 2 aliphatic rings. The van der Waals surface area contributed by atoms with E-state index in [1.807, 2.05) is 41.3 Å². The van der Waals surface area contributed by atoms with Crippen molar-refractivity contribution >= 4 is 17.4 Å². The van der Waals surface area contributed by atoms with Crippen LogP contribution in [-0.4, -0.2) is 67.2 Å². The molecule has 0 aliphatic carbocycles. The standard InChI is InChI=1S/C27H31N5O2/c1-34-24-11-5-10-23(17-24)30-13-15-31(16-14-30)27(33)22-9-6-12-32(19-22)26-18-25(28-20-29-26)21-7-3-2-4-8-21/h2-5,7-8,10-11,17-18,20,22H,6,9,12-16,19H2,1H3. The minimum absolute atomic E-state index is 0.00672. The Morgan fingerprint density at radius 2 is 1.74 bits per heavy atom. The molecule has 7 heteroatoms. The predicted octanol–water partition coefficient (Wildman–Crippen LogP) is 3.72. The predicted molar refractivity (Wildman–Crippen MR) is 134 cm³/mol. The van der Waals surface area contributed by atoms with Gasteiger partial charge in [-0.05, 0) is 25.0 Å². The molecule has 0 bridgehead atoms. The summed E-state index contributed by atoms with van der Waals surface area (Å²) in [6, 6.07) is 20.3. The third kappa shape index (κ3) is 4.83. The van der Waals surface area contributed by atoms with Crippen LogP contribution in [0, 0.1) is 5.92 Å². The molecule has 3 heterocycles. The summed E-state index contributed by atoms with van der Waals surface area (Å²) in [6.45, 7) is 4.79. The van der Waals surface area contributed by atoms with Crippen molar-refractivity contribution in [1.82, 2.24) is 14.9 Å². The molecule has 2 aromatic carbocycles. The van der Waals surface area contributed by atoms with Crippen molar-refractivity contribution in [2.24, 2.45) is 5.92 Å². The van der Waals surface area contributed by atoms with Gasteiger partial charge in [-0.1, -0.05) is 36.4 Å². The summed E-state index contributed by atoms with van der Waals surface area (Å²) >= 11 is 0. The number of aromatic nitrogens is 2. The number of nitrogens with zero attached hydrogens (tertiary/aromatic N) is 5. The molecule has 7 nitrogen and oxygen atoms in total. The molecule has 5 rings (SSSR count). The van der Waals surface area contributed by atoms with Crippen molar-refractivity contribution in [3.63, 3.8) is 0 Å². The maximum absolute atomic E-state index is 13.4. The minimum Gasteiger partial charge on any atom is -0.497 e. The summed E-state index contributed by atoms with van der Waals surface area (Å²) in [6.07, 6.45) is 3.55. The van der Waals surface area contributed by atoms with Gasteiger partial charge in [0.05, 0.1) is 18.7 Å². The fourth-order valence-electron chi connectivity index (χ4n) is 4.92. The van der Waals surface area contributed by atoms with Crippen molar-refractivity contribution in [3.05, 3.63) is 67.0 Å². The second-order valence-corrected chi connectivity index (χ2v) is 8.93. The summed E-state index contributed by atoms with van der Waals surface area (Å²) in [5.41, 5.74) is 3.13. The Labute approximate surface area is 201 Å². The van der Waals surface area contributed by atoms with Gasteiger partial charge in [0.2, 0.25) is 5.91 Å². The molecule has 2 aliphatic heterocycles. The third-order valence-corrected chi connectivity index (χ3v) is 6.83. The molecule has 3 aromatic rings. The Bertz CT molecular complexity index is 1110. The molecule has 2 fully saturated rings. The highest BCUT2D eigenvalue weighted by atomic mass is 16.5. The highest BCUT2D eigenvalue weighted by Crippen LogP contribution is 2.27. The lowest BCUT2D eigenvalue weighted by Crippen LogP contribution is -2.52. The molecule has 1 aromatic heterocycles. The van der Waals surface area contributed by atoms with Gasteiger partial charge in [0.1, 0.15) is 17.9 Å². The molecule has 1 atom stereocenters. The number of methoxy groups -OCH3 is 1. The van der Waals surface area contributed by atoms with E-state index in [0.29, 0.717) is 6.54 Å². The summed E-state index contributed by atoms with van der Waals surface area (Å²) in [4.78, 5) is 29.0. The van der Waals surface area contributed by atoms with E-state index < -0.39 is 0 Å². The number of hydrogen-bond donors (Lipinski definition) is 0. The lowest BCUT2D eigenvalue weighted by molar-refractivity contribution is -0.136. The summed E-state index contributed by atoms with van der Waals surface area (Å²) in [5, 5.41) is 0. The maximum atomic E-state index is 13.4. The second-order valence-electron chi connectivity index (χ2n) is 8.93. The number of hydrogen-bond acceptors (Lipinski definition) is 6. The number of anilines is 2. The van der Waals surface area contributed by atoms with Crippen molar-refractivity contribution in [3.8, 4) is 17.0 Å². The van der Waals surface area contributed by atoms with E-state index >= 15 is 0 Å². The Morgan fingerprint density at radius 1 is 0.912 bits per heavy atom. The van der Waals surface area contributed by atoms with Gasteiger partial charge in [-0.15, -0.1) is 0 Å². The topological polar surface area (TPSA) is 61.8 Å². The fraction of sp³-hybridized carbons (Fsp3) is 0.370. The maximum Gasteiger partial charge on any atom is 0.227 e. The average Bonchev–Trinajstić information content (AvgIpc) is 2.93. The van der Waals surface area contributed by atoms with Crippen molar-refractivity contribution in [2.75, 3.05) is 56.2 Å². The van der Waals surface area contributed by atoms with E-state index in [1.54, 1.807) is 13.4 Å². The molecule has 0 saturated carbocycles. The Hall–Kier alpha value is -3.61. The number of amides is 1. The van der Waals surface area contributed by atoms with E-state index in [2.05, 4.69) is 44.0 Å². The van der Waals surface area contributed by atoms with Crippen molar-refractivity contribution < 1.29 is 9.53 Å². The number of piperidine rings is 1. The average molecular weight is 458 g/mol. The Morgan fingerprint density at radius 3 is 2.53 bits per heavy atom. The molecular weight excluding hydrogens is 426 g/mol. The van der Waals surface area contributed by atoms with Gasteiger partial charge in [-0.25, -0.2) is 9.97 Å². The van der Waals surface area contributed by atoms with Crippen LogP contribution in [0.5, 0.6) is 5.75 Å². The molecule has 2 saturated heterocycles. The normalized spacial score (nSPS) is 18.6. The molecule has 1 amide bonds. The number of carbonyl (C=O) groups excluding carboxylic acids is 1. The highest BCUT2D eigenvalue weighted by Gasteiger charge is 2.31. The number of rotatable bonds is 5. The zero-order valence-corrected chi connectivity index (χ0v) is 19.6. The Balaban J connectivity index is 1.21. The first-order valence-electron chi connectivity index (χ1n) is 12.0. The summed E-state index contributed by atoms with van der Waals surface area (Å²) in [7, 11) is 1.69. The largest absolute Gasteiger partial charge is 0.497 e. The van der Waals surface area contributed by atoms with Gasteiger partial charge < -0.3 is 19.4 Å². The van der Waals surface area contributed by atoms with Gasteiger partial charge in [0, 0.05) is 62.7 Å². The molecule has 0 spiro atoms. The van der Waals surface area contributed by atoms with Crippen LogP contribution in [0.4, 0.5) is 11.5 Å². The van der Waals surface area contributed by atoms with Crippen LogP contribution in [0.3, 0.4) is 0 Å². The summed E-state index contributed by atoms with van der Waals surface area (Å²) in [5.74, 6) is 2.03. The molecule has 34 heavy (non-hydrogen) atoms. The zero-order chi connectivity index (χ0) is 23.3. The molecule has 1 unspecified atom stereocenters. The van der Waals surface area contributed by atoms with Crippen molar-refractivity contribution in [1.29, 1.82) is 0 Å². The van der Waals surface area contributed by atoms with E-state index in [-0.39, 0.29) is 11.8 Å². The number of ether oxygens (including phenoxy) is 1. The van der Waals surface area contributed by atoms with Crippen LogP contribution >= 0.6 is 0 Å². The quantitative estimate of drug-likeness (QED) is 0.582. The smallest absolute Gasteiger partial charge is 0.227 e. The molecule has 0 radical (unpaired) electrons. The molecular formula is C27H31N5O2. The van der Waals surface area contributed by atoms with Crippen LogP contribution in [0.1, 0.15) is 12.8 Å². The van der Waals surface area contributed by atoms with Crippen LogP contribution in [0.2, 0.25) is 0 Å².